The van der Waals surface area contributed by atoms with Gasteiger partial charge < -0.3 is 5.11 Å². The lowest BCUT2D eigenvalue weighted by Crippen LogP contribution is -2.41. The molecule has 1 saturated heterocycles. The van der Waals surface area contributed by atoms with Gasteiger partial charge >= 0.3 is 5.97 Å². The topological polar surface area (TPSA) is 74.7 Å². The van der Waals surface area contributed by atoms with E-state index < -0.39 is 16.0 Å². The summed E-state index contributed by atoms with van der Waals surface area (Å²) in [5.74, 6) is -0.436. The van der Waals surface area contributed by atoms with E-state index in [0.29, 0.717) is 12.5 Å². The molecule has 0 amide bonds. The van der Waals surface area contributed by atoms with E-state index in [2.05, 4.69) is 0 Å². The SMILES string of the molecule is O=C(O)CCCS(=O)(=O)N1CCCC1C1CCCCC1. The fourth-order valence-electron chi connectivity index (χ4n) is 3.62. The molecule has 0 radical (unpaired) electrons. The van der Waals surface area contributed by atoms with Gasteiger partial charge in [-0.3, -0.25) is 4.79 Å². The Balaban J connectivity index is 1.96. The van der Waals surface area contributed by atoms with Crippen molar-refractivity contribution in [3.63, 3.8) is 0 Å². The largest absolute Gasteiger partial charge is 0.481 e. The van der Waals surface area contributed by atoms with Crippen LogP contribution in [-0.4, -0.2) is 42.1 Å². The number of carboxylic acid groups (broad SMARTS) is 1. The summed E-state index contributed by atoms with van der Waals surface area (Å²) in [5.41, 5.74) is 0. The number of carbonyl (C=O) groups is 1. The van der Waals surface area contributed by atoms with Crippen LogP contribution in [0.25, 0.3) is 0 Å². The highest BCUT2D eigenvalue weighted by molar-refractivity contribution is 7.89. The molecule has 1 aliphatic heterocycles. The minimum Gasteiger partial charge on any atom is -0.481 e. The van der Waals surface area contributed by atoms with E-state index in [1.54, 1.807) is 4.31 Å². The molecule has 0 aromatic heterocycles. The molecule has 20 heavy (non-hydrogen) atoms. The average Bonchev–Trinajstić information content (AvgIpc) is 2.89. The molecule has 0 aromatic rings. The number of sulfonamides is 1. The first-order valence-electron chi connectivity index (χ1n) is 7.72. The Kier molecular flexibility index (Phi) is 5.43. The smallest absolute Gasteiger partial charge is 0.303 e. The van der Waals surface area contributed by atoms with Crippen LogP contribution in [0.1, 0.15) is 57.8 Å². The number of aliphatic carboxylic acids is 1. The van der Waals surface area contributed by atoms with Crippen LogP contribution < -0.4 is 0 Å². The molecule has 1 saturated carbocycles. The molecule has 116 valence electrons. The van der Waals surface area contributed by atoms with Gasteiger partial charge in [-0.25, -0.2) is 8.42 Å². The third kappa shape index (κ3) is 3.95. The van der Waals surface area contributed by atoms with Crippen LogP contribution in [0.3, 0.4) is 0 Å². The van der Waals surface area contributed by atoms with E-state index in [1.807, 2.05) is 0 Å². The minimum absolute atomic E-state index is 0.0253. The monoisotopic (exact) mass is 303 g/mol. The third-order valence-corrected chi connectivity index (χ3v) is 6.57. The molecule has 0 bridgehead atoms. The van der Waals surface area contributed by atoms with Crippen molar-refractivity contribution < 1.29 is 18.3 Å². The number of hydrogen-bond acceptors (Lipinski definition) is 3. The second-order valence-electron chi connectivity index (χ2n) is 6.03. The summed E-state index contributed by atoms with van der Waals surface area (Å²) >= 11 is 0. The summed E-state index contributed by atoms with van der Waals surface area (Å²) in [7, 11) is -3.28. The van der Waals surface area contributed by atoms with E-state index in [9.17, 15) is 13.2 Å². The van der Waals surface area contributed by atoms with Crippen LogP contribution in [0, 0.1) is 5.92 Å². The zero-order valence-electron chi connectivity index (χ0n) is 12.0. The summed E-state index contributed by atoms with van der Waals surface area (Å²) in [6.45, 7) is 0.622. The second kappa shape index (κ2) is 6.89. The van der Waals surface area contributed by atoms with Gasteiger partial charge in [-0.1, -0.05) is 19.3 Å². The maximum Gasteiger partial charge on any atom is 0.303 e. The molecule has 5 nitrogen and oxygen atoms in total. The molecule has 1 aliphatic carbocycles. The Labute approximate surface area is 121 Å². The van der Waals surface area contributed by atoms with Gasteiger partial charge in [-0.05, 0) is 38.0 Å². The van der Waals surface area contributed by atoms with Gasteiger partial charge in [0.15, 0.2) is 0 Å². The van der Waals surface area contributed by atoms with E-state index in [1.165, 1.54) is 19.3 Å². The fraction of sp³-hybridized carbons (Fsp3) is 0.929. The lowest BCUT2D eigenvalue weighted by atomic mass is 9.83. The maximum atomic E-state index is 12.4. The predicted octanol–water partition coefficient (Wildman–Crippen LogP) is 2.23. The molecule has 2 aliphatic rings. The Morgan fingerprint density at radius 3 is 2.45 bits per heavy atom. The zero-order chi connectivity index (χ0) is 14.6. The normalized spacial score (nSPS) is 25.9. The predicted molar refractivity (Wildman–Crippen MR) is 77.0 cm³/mol. The van der Waals surface area contributed by atoms with Crippen molar-refractivity contribution in [1.82, 2.24) is 4.31 Å². The fourth-order valence-corrected chi connectivity index (χ4v) is 5.47. The number of rotatable bonds is 6. The molecule has 2 rings (SSSR count). The van der Waals surface area contributed by atoms with Crippen molar-refractivity contribution >= 4 is 16.0 Å². The van der Waals surface area contributed by atoms with E-state index in [4.69, 9.17) is 5.11 Å². The first-order chi connectivity index (χ1) is 9.50. The lowest BCUT2D eigenvalue weighted by Gasteiger charge is -2.33. The number of carboxylic acids is 1. The number of nitrogens with zero attached hydrogens (tertiary/aromatic N) is 1. The molecule has 0 aromatic carbocycles. The van der Waals surface area contributed by atoms with Crippen molar-refractivity contribution in [2.24, 2.45) is 5.92 Å². The average molecular weight is 303 g/mol. The van der Waals surface area contributed by atoms with Gasteiger partial charge in [0.05, 0.1) is 5.75 Å². The third-order valence-electron chi connectivity index (χ3n) is 4.59. The Morgan fingerprint density at radius 2 is 1.80 bits per heavy atom. The van der Waals surface area contributed by atoms with Crippen LogP contribution in [0.15, 0.2) is 0 Å². The van der Waals surface area contributed by atoms with E-state index in [0.717, 1.165) is 25.7 Å². The standard InChI is InChI=1S/C14H25NO4S/c16-14(17)9-5-11-20(18,19)15-10-4-8-13(15)12-6-2-1-3-7-12/h12-13H,1-11H2,(H,16,17). The Morgan fingerprint density at radius 1 is 1.10 bits per heavy atom. The van der Waals surface area contributed by atoms with Crippen LogP contribution in [0.2, 0.25) is 0 Å². The number of hydrogen-bond donors (Lipinski definition) is 1. The molecule has 2 fully saturated rings. The van der Waals surface area contributed by atoms with Gasteiger partial charge in [0.25, 0.3) is 0 Å². The van der Waals surface area contributed by atoms with Crippen molar-refractivity contribution in [1.29, 1.82) is 0 Å². The molecule has 1 heterocycles. The van der Waals surface area contributed by atoms with Gasteiger partial charge in [-0.15, -0.1) is 0 Å². The zero-order valence-corrected chi connectivity index (χ0v) is 12.8. The van der Waals surface area contributed by atoms with Crippen LogP contribution in [0.4, 0.5) is 0 Å². The highest BCUT2D eigenvalue weighted by Crippen LogP contribution is 2.35. The van der Waals surface area contributed by atoms with Gasteiger partial charge in [0.2, 0.25) is 10.0 Å². The second-order valence-corrected chi connectivity index (χ2v) is 8.07. The highest BCUT2D eigenvalue weighted by Gasteiger charge is 2.38. The van der Waals surface area contributed by atoms with Gasteiger partial charge in [-0.2, -0.15) is 4.31 Å². The first kappa shape index (κ1) is 15.8. The minimum atomic E-state index is -3.28. The van der Waals surface area contributed by atoms with Crippen molar-refractivity contribution in [3.05, 3.63) is 0 Å². The quantitative estimate of drug-likeness (QED) is 0.816. The highest BCUT2D eigenvalue weighted by atomic mass is 32.2. The molecule has 6 heteroatoms. The summed E-state index contributed by atoms with van der Waals surface area (Å²) in [4.78, 5) is 10.5. The van der Waals surface area contributed by atoms with Gasteiger partial charge in [0.1, 0.15) is 0 Å². The molecule has 1 atom stereocenters. The first-order valence-corrected chi connectivity index (χ1v) is 9.33. The van der Waals surface area contributed by atoms with Crippen molar-refractivity contribution in [3.8, 4) is 0 Å². The Hall–Kier alpha value is -0.620. The summed E-state index contributed by atoms with van der Waals surface area (Å²) in [6.07, 6.45) is 8.06. The summed E-state index contributed by atoms with van der Waals surface area (Å²) in [6, 6.07) is 0.171. The van der Waals surface area contributed by atoms with Crippen molar-refractivity contribution in [2.45, 2.75) is 63.8 Å². The molecular weight excluding hydrogens is 278 g/mol. The maximum absolute atomic E-state index is 12.4. The van der Waals surface area contributed by atoms with Crippen molar-refractivity contribution in [2.75, 3.05) is 12.3 Å². The van der Waals surface area contributed by atoms with E-state index in [-0.39, 0.29) is 24.6 Å². The molecule has 1 N–H and O–H groups in total. The Bertz CT molecular complexity index is 428. The van der Waals surface area contributed by atoms with E-state index >= 15 is 0 Å². The van der Waals surface area contributed by atoms with Gasteiger partial charge in [0, 0.05) is 19.0 Å². The van der Waals surface area contributed by atoms with Crippen LogP contribution in [0.5, 0.6) is 0 Å². The molecule has 0 spiro atoms. The van der Waals surface area contributed by atoms with Crippen LogP contribution >= 0.6 is 0 Å². The summed E-state index contributed by atoms with van der Waals surface area (Å²) in [5, 5.41) is 8.62. The van der Waals surface area contributed by atoms with Crippen LogP contribution in [-0.2, 0) is 14.8 Å². The molecule has 1 unspecified atom stereocenters. The lowest BCUT2D eigenvalue weighted by molar-refractivity contribution is -0.137. The summed E-state index contributed by atoms with van der Waals surface area (Å²) < 4.78 is 26.5. The molecular formula is C14H25NO4S.